The molecule has 0 saturated carbocycles. The van der Waals surface area contributed by atoms with Crippen LogP contribution >= 0.6 is 11.6 Å². The number of hydrogen-bond donors (Lipinski definition) is 0. The second-order valence-corrected chi connectivity index (χ2v) is 10.8. The Bertz CT molecular complexity index is 1710. The highest BCUT2D eigenvalue weighted by Gasteiger charge is 2.71. The zero-order valence-electron chi connectivity index (χ0n) is 21.6. The molecule has 40 heavy (non-hydrogen) atoms. The molecule has 6 heteroatoms. The zero-order chi connectivity index (χ0) is 27.6. The fourth-order valence-corrected chi connectivity index (χ4v) is 7.15. The molecule has 0 aromatic heterocycles. The molecule has 0 radical (unpaired) electrons. The number of benzene rings is 4. The van der Waals surface area contributed by atoms with Crippen molar-refractivity contribution in [3.8, 4) is 5.75 Å². The molecule has 4 aromatic carbocycles. The summed E-state index contributed by atoms with van der Waals surface area (Å²) in [5.74, 6) is -0.921. The molecule has 0 amide bonds. The van der Waals surface area contributed by atoms with Crippen LogP contribution in [0.15, 0.2) is 103 Å². The van der Waals surface area contributed by atoms with E-state index >= 15 is 0 Å². The minimum Gasteiger partial charge on any atom is -0.497 e. The number of methoxy groups -OCH3 is 1. The van der Waals surface area contributed by atoms with Crippen molar-refractivity contribution in [2.24, 2.45) is 5.41 Å². The molecule has 0 N–H and O–H groups in total. The lowest BCUT2D eigenvalue weighted by atomic mass is 9.64. The highest BCUT2D eigenvalue weighted by Crippen LogP contribution is 2.61. The highest BCUT2D eigenvalue weighted by atomic mass is 35.5. The maximum absolute atomic E-state index is 14.7. The summed E-state index contributed by atoms with van der Waals surface area (Å²) in [6, 6.07) is 27.4. The first-order valence-electron chi connectivity index (χ1n) is 13.2. The van der Waals surface area contributed by atoms with Gasteiger partial charge in [0.05, 0.1) is 18.2 Å². The van der Waals surface area contributed by atoms with Crippen LogP contribution in [0.3, 0.4) is 0 Å². The lowest BCUT2D eigenvalue weighted by Gasteiger charge is -2.37. The van der Waals surface area contributed by atoms with Crippen LogP contribution in [0.5, 0.6) is 5.75 Å². The van der Waals surface area contributed by atoms with E-state index in [1.54, 1.807) is 67.8 Å². The molecule has 4 aromatic rings. The van der Waals surface area contributed by atoms with Gasteiger partial charge in [0.1, 0.15) is 17.2 Å². The number of carbonyl (C=O) groups excluding carboxylic acids is 3. The smallest absolute Gasteiger partial charge is 0.187 e. The van der Waals surface area contributed by atoms with E-state index in [9.17, 15) is 14.4 Å². The van der Waals surface area contributed by atoms with E-state index in [1.165, 1.54) is 0 Å². The first-order chi connectivity index (χ1) is 19.5. The summed E-state index contributed by atoms with van der Waals surface area (Å²) in [6.45, 7) is 0. The van der Waals surface area contributed by atoms with Crippen LogP contribution in [0.2, 0.25) is 5.02 Å². The van der Waals surface area contributed by atoms with Crippen molar-refractivity contribution < 1.29 is 19.1 Å². The predicted octanol–water partition coefficient (Wildman–Crippen LogP) is 6.66. The van der Waals surface area contributed by atoms with Crippen molar-refractivity contribution in [2.75, 3.05) is 12.0 Å². The fourth-order valence-electron chi connectivity index (χ4n) is 6.92. The molecule has 0 bridgehead atoms. The van der Waals surface area contributed by atoms with E-state index in [4.69, 9.17) is 16.3 Å². The predicted molar refractivity (Wildman–Crippen MR) is 155 cm³/mol. The van der Waals surface area contributed by atoms with Gasteiger partial charge in [-0.2, -0.15) is 0 Å². The van der Waals surface area contributed by atoms with Gasteiger partial charge in [-0.3, -0.25) is 14.4 Å². The number of fused-ring (bicyclic) bond motifs is 5. The monoisotopic (exact) mass is 545 g/mol. The Balaban J connectivity index is 1.55. The number of nitrogens with zero attached hydrogens (tertiary/aromatic N) is 1. The first-order valence-corrected chi connectivity index (χ1v) is 13.5. The Morgan fingerprint density at radius 3 is 2.12 bits per heavy atom. The van der Waals surface area contributed by atoms with E-state index in [0.717, 1.165) is 11.3 Å². The fraction of sp³-hybridized carbons (Fsp3) is 0.147. The number of ether oxygens (including phenoxy) is 1. The molecule has 3 atom stereocenters. The van der Waals surface area contributed by atoms with Crippen LogP contribution in [0.4, 0.5) is 5.69 Å². The van der Waals surface area contributed by atoms with Gasteiger partial charge in [0.2, 0.25) is 0 Å². The van der Waals surface area contributed by atoms with Gasteiger partial charge in [0, 0.05) is 28.3 Å². The van der Waals surface area contributed by atoms with Crippen molar-refractivity contribution in [3.63, 3.8) is 0 Å². The van der Waals surface area contributed by atoms with Gasteiger partial charge in [0.15, 0.2) is 17.3 Å². The zero-order valence-corrected chi connectivity index (χ0v) is 22.3. The Labute approximate surface area is 236 Å². The molecule has 1 saturated heterocycles. The molecule has 5 nitrogen and oxygen atoms in total. The molecule has 2 aliphatic heterocycles. The number of rotatable bonds is 4. The summed E-state index contributed by atoms with van der Waals surface area (Å²) in [5, 5.41) is 0.326. The molecule has 7 rings (SSSR count). The molecule has 1 aliphatic carbocycles. The first kappa shape index (κ1) is 24.6. The Kier molecular flexibility index (Phi) is 5.55. The van der Waals surface area contributed by atoms with Crippen molar-refractivity contribution in [2.45, 2.75) is 18.0 Å². The van der Waals surface area contributed by atoms with E-state index in [1.807, 2.05) is 53.5 Å². The van der Waals surface area contributed by atoms with Gasteiger partial charge in [-0.15, -0.1) is 0 Å². The number of hydrogen-bond acceptors (Lipinski definition) is 5. The summed E-state index contributed by atoms with van der Waals surface area (Å²) in [5.41, 5.74) is 2.01. The third-order valence-electron chi connectivity index (χ3n) is 8.60. The van der Waals surface area contributed by atoms with Crippen LogP contribution < -0.4 is 9.64 Å². The van der Waals surface area contributed by atoms with Gasteiger partial charge in [-0.25, -0.2) is 0 Å². The van der Waals surface area contributed by atoms with Gasteiger partial charge in [0.25, 0.3) is 0 Å². The molecule has 0 unspecified atom stereocenters. The third kappa shape index (κ3) is 3.18. The summed E-state index contributed by atoms with van der Waals surface area (Å²) in [4.78, 5) is 45.9. The van der Waals surface area contributed by atoms with E-state index in [-0.39, 0.29) is 17.3 Å². The second-order valence-electron chi connectivity index (χ2n) is 10.4. The topological polar surface area (TPSA) is 63.7 Å². The number of Topliss-reactive ketones (excluding diaryl/α,β-unsaturated/α-hetero) is 3. The average molecular weight is 546 g/mol. The minimum absolute atomic E-state index is 0.241. The highest BCUT2D eigenvalue weighted by molar-refractivity contribution is 6.35. The van der Waals surface area contributed by atoms with Gasteiger partial charge in [-0.1, -0.05) is 90.5 Å². The van der Waals surface area contributed by atoms with Crippen molar-refractivity contribution >= 4 is 40.7 Å². The maximum atomic E-state index is 14.7. The standard InChI is InChI=1S/C34H24ClNO4/c1-40-22-17-14-21(15-18-22)29-30(31(37)25-11-5-6-12-26(25)35)36-27-13-7-2-8-20(27)16-19-28(36)34(29)32(38)23-9-3-4-10-24(23)33(34)39/h2-19,28-30H,1H3/t28-,29+,30+/m1/s1. The summed E-state index contributed by atoms with van der Waals surface area (Å²) >= 11 is 6.58. The largest absolute Gasteiger partial charge is 0.497 e. The summed E-state index contributed by atoms with van der Waals surface area (Å²) in [7, 11) is 1.58. The number of halogens is 1. The van der Waals surface area contributed by atoms with Crippen LogP contribution in [0.25, 0.3) is 6.08 Å². The van der Waals surface area contributed by atoms with E-state index < -0.39 is 23.4 Å². The normalized spacial score (nSPS) is 21.8. The van der Waals surface area contributed by atoms with E-state index in [2.05, 4.69) is 0 Å². The van der Waals surface area contributed by atoms with Gasteiger partial charge in [-0.05, 0) is 41.5 Å². The van der Waals surface area contributed by atoms with Crippen LogP contribution in [-0.4, -0.2) is 36.5 Å². The van der Waals surface area contributed by atoms with Crippen LogP contribution in [0, 0.1) is 5.41 Å². The summed E-state index contributed by atoms with van der Waals surface area (Å²) < 4.78 is 5.40. The number of anilines is 1. The average Bonchev–Trinajstić information content (AvgIpc) is 3.43. The maximum Gasteiger partial charge on any atom is 0.187 e. The Hall–Kier alpha value is -4.48. The van der Waals surface area contributed by atoms with Gasteiger partial charge >= 0.3 is 0 Å². The van der Waals surface area contributed by atoms with Crippen molar-refractivity contribution in [1.29, 1.82) is 0 Å². The molecular formula is C34H24ClNO4. The van der Waals surface area contributed by atoms with Crippen molar-refractivity contribution in [1.82, 2.24) is 0 Å². The molecular weight excluding hydrogens is 522 g/mol. The lowest BCUT2D eigenvalue weighted by molar-refractivity contribution is 0.0666. The molecule has 196 valence electrons. The van der Waals surface area contributed by atoms with E-state index in [0.29, 0.717) is 33.0 Å². The Morgan fingerprint density at radius 2 is 1.45 bits per heavy atom. The molecule has 3 aliphatic rings. The minimum atomic E-state index is -1.55. The molecule has 2 heterocycles. The van der Waals surface area contributed by atoms with Crippen LogP contribution in [0.1, 0.15) is 48.1 Å². The molecule has 1 spiro atoms. The lowest BCUT2D eigenvalue weighted by Crippen LogP contribution is -2.48. The number of carbonyl (C=O) groups is 3. The third-order valence-corrected chi connectivity index (χ3v) is 8.93. The Morgan fingerprint density at radius 1 is 0.825 bits per heavy atom. The van der Waals surface area contributed by atoms with Gasteiger partial charge < -0.3 is 9.64 Å². The second kappa shape index (κ2) is 9.04. The SMILES string of the molecule is COc1ccc([C@H]2[C@@H](C(=O)c3ccccc3Cl)N3c4ccccc4C=C[C@@H]3C23C(=O)c2ccccc2C3=O)cc1. The quantitative estimate of drug-likeness (QED) is 0.212. The number of para-hydroxylation sites is 1. The summed E-state index contributed by atoms with van der Waals surface area (Å²) in [6.07, 6.45) is 3.87. The number of ketones is 3. The van der Waals surface area contributed by atoms with Crippen LogP contribution in [-0.2, 0) is 0 Å². The van der Waals surface area contributed by atoms with Crippen molar-refractivity contribution in [3.05, 3.63) is 136 Å². The molecule has 1 fully saturated rings.